The number of fused-ring (bicyclic) bond motifs is 2. The van der Waals surface area contributed by atoms with Crippen molar-refractivity contribution >= 4 is 66.3 Å². The smallest absolute Gasteiger partial charge is 0.338 e. The summed E-state index contributed by atoms with van der Waals surface area (Å²) in [6.45, 7) is 5.99. The van der Waals surface area contributed by atoms with Gasteiger partial charge in [-0.15, -0.1) is 0 Å². The molecule has 0 aliphatic carbocycles. The molecule has 8 nitrogen and oxygen atoms in total. The summed E-state index contributed by atoms with van der Waals surface area (Å²) in [5.74, 6) is -0.178. The van der Waals surface area contributed by atoms with Gasteiger partial charge < -0.3 is 14.4 Å². The number of hydrogen-bond acceptors (Lipinski definition) is 7. The van der Waals surface area contributed by atoms with E-state index in [-0.39, 0.29) is 22.6 Å². The van der Waals surface area contributed by atoms with Crippen LogP contribution in [0.1, 0.15) is 37.9 Å². The number of methoxy groups -OCH3 is 1. The second kappa shape index (κ2) is 10.3. The Balaban J connectivity index is 1.83. The molecule has 0 bridgehead atoms. The second-order valence-electron chi connectivity index (χ2n) is 8.60. The standard InChI is InChI=1S/C27H23Br2N3O5S/c1-5-31-18-9-8-15(28)12-16(18)21(24(31)33)23-25(34)32-22(14-7-10-19(36-4)17(29)11-14)20(26(35)37-6-2)13(3)30-27(32)38-23/h7-12,22H,5-6H2,1-4H3/b23-21+/t22-/m0/s1. The highest BCUT2D eigenvalue weighted by atomic mass is 79.9. The lowest BCUT2D eigenvalue weighted by molar-refractivity contribution is -0.139. The number of carbonyl (C=O) groups excluding carboxylic acids is 2. The highest BCUT2D eigenvalue weighted by molar-refractivity contribution is 9.10. The molecule has 0 radical (unpaired) electrons. The summed E-state index contributed by atoms with van der Waals surface area (Å²) in [6.07, 6.45) is 0. The van der Waals surface area contributed by atoms with Gasteiger partial charge in [-0.25, -0.2) is 9.79 Å². The summed E-state index contributed by atoms with van der Waals surface area (Å²) in [5, 5.41) is 0. The molecule has 2 aliphatic rings. The van der Waals surface area contributed by atoms with E-state index < -0.39 is 17.6 Å². The number of anilines is 1. The number of esters is 1. The third-order valence-electron chi connectivity index (χ3n) is 6.51. The molecule has 2 aromatic carbocycles. The summed E-state index contributed by atoms with van der Waals surface area (Å²) < 4.78 is 14.0. The average Bonchev–Trinajstić information content (AvgIpc) is 3.34. The zero-order chi connectivity index (χ0) is 27.3. The summed E-state index contributed by atoms with van der Waals surface area (Å²) in [5.41, 5.74) is 2.76. The van der Waals surface area contributed by atoms with E-state index in [4.69, 9.17) is 9.47 Å². The number of rotatable bonds is 5. The normalized spacial score (nSPS) is 17.8. The minimum Gasteiger partial charge on any atom is -0.496 e. The van der Waals surface area contributed by atoms with Gasteiger partial charge in [0.25, 0.3) is 11.5 Å². The quantitative estimate of drug-likeness (QED) is 0.385. The van der Waals surface area contributed by atoms with Crippen molar-refractivity contribution in [1.82, 2.24) is 4.57 Å². The molecule has 0 spiro atoms. The molecule has 1 amide bonds. The molecule has 0 saturated heterocycles. The fourth-order valence-electron chi connectivity index (χ4n) is 4.85. The Morgan fingerprint density at radius 2 is 1.89 bits per heavy atom. The van der Waals surface area contributed by atoms with Crippen LogP contribution < -0.4 is 24.5 Å². The lowest BCUT2D eigenvalue weighted by atomic mass is 9.96. The van der Waals surface area contributed by atoms with Crippen molar-refractivity contribution in [2.45, 2.75) is 26.8 Å². The van der Waals surface area contributed by atoms with Crippen LogP contribution in [0.25, 0.3) is 5.57 Å². The Hall–Kier alpha value is -3.02. The number of benzene rings is 2. The zero-order valence-corrected chi connectivity index (χ0v) is 25.0. The van der Waals surface area contributed by atoms with Crippen LogP contribution >= 0.6 is 43.2 Å². The number of ether oxygens (including phenoxy) is 2. The third-order valence-corrected chi connectivity index (χ3v) is 8.67. The Morgan fingerprint density at radius 3 is 2.55 bits per heavy atom. The predicted octanol–water partition coefficient (Wildman–Crippen LogP) is 4.07. The maximum Gasteiger partial charge on any atom is 0.338 e. The monoisotopic (exact) mass is 659 g/mol. The minimum atomic E-state index is -0.803. The van der Waals surface area contributed by atoms with E-state index in [0.29, 0.717) is 44.0 Å². The molecule has 0 saturated carbocycles. The lowest BCUT2D eigenvalue weighted by Gasteiger charge is -2.25. The second-order valence-corrected chi connectivity index (χ2v) is 11.4. The van der Waals surface area contributed by atoms with Crippen LogP contribution in [0.3, 0.4) is 0 Å². The van der Waals surface area contributed by atoms with Crippen LogP contribution in [0.2, 0.25) is 0 Å². The van der Waals surface area contributed by atoms with Crippen LogP contribution in [0.5, 0.6) is 5.75 Å². The minimum absolute atomic E-state index is 0.177. The molecule has 0 fully saturated rings. The third kappa shape index (κ3) is 4.17. The van der Waals surface area contributed by atoms with Gasteiger partial charge in [-0.05, 0) is 72.6 Å². The van der Waals surface area contributed by atoms with Gasteiger partial charge in [-0.1, -0.05) is 33.3 Å². The highest BCUT2D eigenvalue weighted by Gasteiger charge is 2.37. The molecule has 0 unspecified atom stereocenters. The van der Waals surface area contributed by atoms with E-state index in [1.807, 2.05) is 31.2 Å². The van der Waals surface area contributed by atoms with E-state index in [0.717, 1.165) is 21.5 Å². The maximum absolute atomic E-state index is 14.2. The molecular weight excluding hydrogens is 638 g/mol. The van der Waals surface area contributed by atoms with Gasteiger partial charge in [0.2, 0.25) is 0 Å². The van der Waals surface area contributed by atoms with Crippen molar-refractivity contribution in [3.63, 3.8) is 0 Å². The Bertz CT molecular complexity index is 1720. The summed E-state index contributed by atoms with van der Waals surface area (Å²) in [7, 11) is 1.56. The molecule has 1 atom stereocenters. The summed E-state index contributed by atoms with van der Waals surface area (Å²) in [6, 6.07) is 10.2. The van der Waals surface area contributed by atoms with Crippen molar-refractivity contribution in [2.75, 3.05) is 25.2 Å². The van der Waals surface area contributed by atoms with E-state index in [1.165, 1.54) is 4.57 Å². The first kappa shape index (κ1) is 26.6. The summed E-state index contributed by atoms with van der Waals surface area (Å²) >= 11 is 8.16. The Kier molecular flexibility index (Phi) is 7.19. The number of allylic oxidation sites excluding steroid dienone is 1. The number of amides is 1. The van der Waals surface area contributed by atoms with Crippen LogP contribution in [0.15, 0.2) is 66.4 Å². The molecule has 38 heavy (non-hydrogen) atoms. The first-order valence-electron chi connectivity index (χ1n) is 11.9. The van der Waals surface area contributed by atoms with Gasteiger partial charge in [-0.2, -0.15) is 0 Å². The van der Waals surface area contributed by atoms with Crippen LogP contribution in [-0.4, -0.2) is 36.7 Å². The highest BCUT2D eigenvalue weighted by Crippen LogP contribution is 2.38. The van der Waals surface area contributed by atoms with Crippen molar-refractivity contribution in [3.8, 4) is 5.75 Å². The molecule has 196 valence electrons. The van der Waals surface area contributed by atoms with E-state index in [2.05, 4.69) is 36.9 Å². The van der Waals surface area contributed by atoms with Crippen molar-refractivity contribution in [2.24, 2.45) is 4.99 Å². The van der Waals surface area contributed by atoms with E-state index >= 15 is 0 Å². The van der Waals surface area contributed by atoms with Crippen LogP contribution in [-0.2, 0) is 14.3 Å². The van der Waals surface area contributed by atoms with Crippen molar-refractivity contribution in [3.05, 3.63) is 87.4 Å². The van der Waals surface area contributed by atoms with Gasteiger partial charge in [-0.3, -0.25) is 14.2 Å². The lowest BCUT2D eigenvalue weighted by Crippen LogP contribution is -2.41. The largest absolute Gasteiger partial charge is 0.496 e. The Morgan fingerprint density at radius 1 is 1.13 bits per heavy atom. The topological polar surface area (TPSA) is 90.2 Å². The van der Waals surface area contributed by atoms with Gasteiger partial charge in [0.05, 0.1) is 46.8 Å². The molecule has 2 aliphatic heterocycles. The number of hydrogen-bond donors (Lipinski definition) is 0. The molecular formula is C27H23Br2N3O5S. The summed E-state index contributed by atoms with van der Waals surface area (Å²) in [4.78, 5) is 47.6. The van der Waals surface area contributed by atoms with Gasteiger partial charge in [0.15, 0.2) is 4.80 Å². The van der Waals surface area contributed by atoms with E-state index in [9.17, 15) is 14.4 Å². The predicted molar refractivity (Wildman–Crippen MR) is 152 cm³/mol. The van der Waals surface area contributed by atoms with Gasteiger partial charge >= 0.3 is 5.97 Å². The molecule has 3 heterocycles. The van der Waals surface area contributed by atoms with Gasteiger partial charge in [0, 0.05) is 16.6 Å². The zero-order valence-electron chi connectivity index (χ0n) is 21.0. The molecule has 3 aromatic rings. The Labute approximate surface area is 239 Å². The number of thiazole rings is 1. The van der Waals surface area contributed by atoms with Gasteiger partial charge in [0.1, 0.15) is 10.3 Å². The van der Waals surface area contributed by atoms with Crippen molar-refractivity contribution < 1.29 is 19.1 Å². The number of halogens is 2. The van der Waals surface area contributed by atoms with Crippen LogP contribution in [0.4, 0.5) is 5.69 Å². The fourth-order valence-corrected chi connectivity index (χ4v) is 6.90. The number of aromatic nitrogens is 1. The SMILES string of the molecule is CCOC(=O)C1=C(C)N=c2s/c(=C3/C(=O)N(CC)c4ccc(Br)cc43)c(=O)n2[C@H]1c1ccc(OC)c(Br)c1. The number of carbonyl (C=O) groups is 2. The molecule has 5 rings (SSSR count). The first-order valence-corrected chi connectivity index (χ1v) is 14.3. The van der Waals surface area contributed by atoms with E-state index in [1.54, 1.807) is 38.0 Å². The fraction of sp³-hybridized carbons (Fsp3) is 0.259. The maximum atomic E-state index is 14.2. The molecule has 11 heteroatoms. The number of likely N-dealkylation sites (N-methyl/N-ethyl adjacent to an activating group) is 1. The molecule has 0 N–H and O–H groups in total. The molecule has 1 aromatic heterocycles. The average molecular weight is 661 g/mol. The van der Waals surface area contributed by atoms with Crippen molar-refractivity contribution in [1.29, 1.82) is 0 Å². The first-order chi connectivity index (χ1) is 18.2. The van der Waals surface area contributed by atoms with Crippen LogP contribution in [0, 0.1) is 0 Å². The number of nitrogens with zero attached hydrogens (tertiary/aromatic N) is 3.